The van der Waals surface area contributed by atoms with Crippen LogP contribution in [0.3, 0.4) is 0 Å². The number of carbonyl (C=O) groups excluding carboxylic acids is 2. The Hall–Kier alpha value is -2.36. The first-order chi connectivity index (χ1) is 12.6. The van der Waals surface area contributed by atoms with Crippen molar-refractivity contribution in [1.82, 2.24) is 4.31 Å². The van der Waals surface area contributed by atoms with Crippen LogP contribution >= 0.6 is 11.6 Å². The highest BCUT2D eigenvalue weighted by atomic mass is 35.5. The molecule has 1 heterocycles. The summed E-state index contributed by atoms with van der Waals surface area (Å²) in [5.41, 5.74) is 0.537. The number of nitrogens with zero attached hydrogens (tertiary/aromatic N) is 1. The molecule has 0 aliphatic heterocycles. The van der Waals surface area contributed by atoms with E-state index >= 15 is 0 Å². The molecule has 0 atom stereocenters. The minimum atomic E-state index is -3.86. The van der Waals surface area contributed by atoms with E-state index in [4.69, 9.17) is 20.8 Å². The normalized spacial score (nSPS) is 11.4. The van der Waals surface area contributed by atoms with Crippen molar-refractivity contribution in [3.63, 3.8) is 0 Å². The summed E-state index contributed by atoms with van der Waals surface area (Å²) >= 11 is 5.75. The fraction of sp³-hybridized carbons (Fsp3) is 0.294. The number of hydrogen-bond acceptors (Lipinski definition) is 7. The van der Waals surface area contributed by atoms with Crippen LogP contribution in [0.25, 0.3) is 0 Å². The maximum atomic E-state index is 12.4. The highest BCUT2D eigenvalue weighted by Gasteiger charge is 2.24. The second-order valence-corrected chi connectivity index (χ2v) is 8.07. The number of ether oxygens (including phenoxy) is 2. The lowest BCUT2D eigenvalue weighted by Gasteiger charge is -2.16. The molecule has 0 amide bonds. The fourth-order valence-electron chi connectivity index (χ4n) is 2.17. The van der Waals surface area contributed by atoms with E-state index in [-0.39, 0.29) is 23.0 Å². The van der Waals surface area contributed by atoms with Crippen molar-refractivity contribution in [2.45, 2.75) is 18.4 Å². The van der Waals surface area contributed by atoms with Crippen molar-refractivity contribution >= 4 is 33.6 Å². The molecule has 0 N–H and O–H groups in total. The van der Waals surface area contributed by atoms with E-state index in [1.54, 1.807) is 6.92 Å². The zero-order valence-corrected chi connectivity index (χ0v) is 16.5. The molecule has 10 heteroatoms. The monoisotopic (exact) mass is 415 g/mol. The number of halogens is 1. The van der Waals surface area contributed by atoms with Crippen molar-refractivity contribution in [2.75, 3.05) is 20.7 Å². The average molecular weight is 416 g/mol. The molecule has 0 spiro atoms. The van der Waals surface area contributed by atoms with E-state index in [1.165, 1.54) is 44.5 Å². The smallest absolute Gasteiger partial charge is 0.374 e. The van der Waals surface area contributed by atoms with Gasteiger partial charge in [0.15, 0.2) is 0 Å². The Bertz CT molecular complexity index is 935. The predicted octanol–water partition coefficient (Wildman–Crippen LogP) is 2.39. The third-order valence-electron chi connectivity index (χ3n) is 3.59. The van der Waals surface area contributed by atoms with Crippen LogP contribution in [-0.4, -0.2) is 45.4 Å². The summed E-state index contributed by atoms with van der Waals surface area (Å²) in [7, 11) is -1.38. The third kappa shape index (κ3) is 5.09. The second-order valence-electron chi connectivity index (χ2n) is 5.59. The van der Waals surface area contributed by atoms with Gasteiger partial charge in [0.05, 0.1) is 12.0 Å². The molecule has 0 radical (unpaired) electrons. The van der Waals surface area contributed by atoms with E-state index in [1.807, 2.05) is 0 Å². The summed E-state index contributed by atoms with van der Waals surface area (Å²) in [5, 5.41) is 0.399. The first-order valence-corrected chi connectivity index (χ1v) is 9.52. The van der Waals surface area contributed by atoms with Crippen LogP contribution in [0.1, 0.15) is 21.9 Å². The maximum Gasteiger partial charge on any atom is 0.374 e. The van der Waals surface area contributed by atoms with Crippen LogP contribution in [0.2, 0.25) is 5.02 Å². The number of sulfonamides is 1. The maximum absolute atomic E-state index is 12.4. The Morgan fingerprint density at radius 2 is 1.85 bits per heavy atom. The molecule has 0 saturated carbocycles. The van der Waals surface area contributed by atoms with Crippen LogP contribution in [0.15, 0.2) is 39.6 Å². The number of hydrogen-bond donors (Lipinski definition) is 0. The number of carbonyl (C=O) groups is 2. The first-order valence-electron chi connectivity index (χ1n) is 7.70. The van der Waals surface area contributed by atoms with Gasteiger partial charge in [0, 0.05) is 17.6 Å². The molecule has 0 bridgehead atoms. The van der Waals surface area contributed by atoms with E-state index < -0.39 is 28.5 Å². The number of furan rings is 1. The summed E-state index contributed by atoms with van der Waals surface area (Å²) < 4.78 is 40.6. The lowest BCUT2D eigenvalue weighted by Crippen LogP contribution is -2.33. The highest BCUT2D eigenvalue weighted by molar-refractivity contribution is 7.89. The number of esters is 2. The molecule has 0 fully saturated rings. The van der Waals surface area contributed by atoms with Crippen molar-refractivity contribution in [1.29, 1.82) is 0 Å². The van der Waals surface area contributed by atoms with Gasteiger partial charge in [-0.2, -0.15) is 4.31 Å². The van der Waals surface area contributed by atoms with Crippen LogP contribution < -0.4 is 0 Å². The molecule has 0 unspecified atom stereocenters. The quantitative estimate of drug-likeness (QED) is 0.639. The fourth-order valence-corrected chi connectivity index (χ4v) is 3.41. The van der Waals surface area contributed by atoms with Gasteiger partial charge in [-0.05, 0) is 37.3 Å². The minimum Gasteiger partial charge on any atom is -0.463 e. The van der Waals surface area contributed by atoms with E-state index in [9.17, 15) is 18.0 Å². The Kier molecular flexibility index (Phi) is 6.63. The first kappa shape index (κ1) is 20.9. The lowest BCUT2D eigenvalue weighted by atomic mass is 10.3. The largest absolute Gasteiger partial charge is 0.463 e. The summed E-state index contributed by atoms with van der Waals surface area (Å²) in [6.07, 6.45) is 0. The zero-order valence-electron chi connectivity index (χ0n) is 14.9. The number of benzene rings is 1. The predicted molar refractivity (Wildman–Crippen MR) is 95.8 cm³/mol. The molecule has 0 aliphatic carbocycles. The molecular formula is C17H18ClNO7S. The van der Waals surface area contributed by atoms with Gasteiger partial charge < -0.3 is 13.9 Å². The lowest BCUT2D eigenvalue weighted by molar-refractivity contribution is -0.145. The second kappa shape index (κ2) is 8.55. The third-order valence-corrected chi connectivity index (χ3v) is 5.66. The van der Waals surface area contributed by atoms with E-state index in [0.29, 0.717) is 10.6 Å². The van der Waals surface area contributed by atoms with E-state index in [0.717, 1.165) is 4.31 Å². The number of aryl methyl sites for hydroxylation is 1. The van der Waals surface area contributed by atoms with Crippen molar-refractivity contribution in [2.24, 2.45) is 0 Å². The molecule has 2 rings (SSSR count). The molecule has 27 heavy (non-hydrogen) atoms. The molecule has 1 aromatic carbocycles. The summed E-state index contributed by atoms with van der Waals surface area (Å²) in [6.45, 7) is 0.910. The minimum absolute atomic E-state index is 0.00609. The topological polar surface area (TPSA) is 103 Å². The number of likely N-dealkylation sites (N-methyl/N-ethyl adjacent to an activating group) is 1. The molecule has 1 aromatic heterocycles. The van der Waals surface area contributed by atoms with Crippen LogP contribution in [0.5, 0.6) is 0 Å². The van der Waals surface area contributed by atoms with Crippen molar-refractivity contribution < 1.29 is 31.9 Å². The molecule has 0 saturated heterocycles. The Morgan fingerprint density at radius 3 is 2.44 bits per heavy atom. The summed E-state index contributed by atoms with van der Waals surface area (Å²) in [4.78, 5) is 23.5. The average Bonchev–Trinajstić information content (AvgIpc) is 3.00. The number of methoxy groups -OCH3 is 1. The molecule has 146 valence electrons. The number of rotatable bonds is 7. The molecule has 2 aromatic rings. The standard InChI is InChI=1S/C17H18ClNO7S/c1-11-8-13(26-16(11)17(21)24-3)10-25-15(20)9-19(2)27(22,23)14-6-4-12(18)5-7-14/h4-8H,9-10H2,1-3H3. The van der Waals surface area contributed by atoms with E-state index in [2.05, 4.69) is 4.74 Å². The van der Waals surface area contributed by atoms with Crippen molar-refractivity contribution in [3.8, 4) is 0 Å². The van der Waals surface area contributed by atoms with Gasteiger partial charge >= 0.3 is 11.9 Å². The Balaban J connectivity index is 1.97. The molecule has 8 nitrogen and oxygen atoms in total. The molecule has 0 aliphatic rings. The Labute approximate surface area is 161 Å². The van der Waals surface area contributed by atoms with Gasteiger partial charge in [0.25, 0.3) is 0 Å². The van der Waals surface area contributed by atoms with Crippen LogP contribution in [0, 0.1) is 6.92 Å². The highest BCUT2D eigenvalue weighted by Crippen LogP contribution is 2.18. The van der Waals surface area contributed by atoms with Gasteiger partial charge in [-0.3, -0.25) is 4.79 Å². The summed E-state index contributed by atoms with van der Waals surface area (Å²) in [6, 6.07) is 7.12. The molecular weight excluding hydrogens is 398 g/mol. The van der Waals surface area contributed by atoms with Crippen LogP contribution in [0.4, 0.5) is 0 Å². The zero-order chi connectivity index (χ0) is 20.2. The van der Waals surface area contributed by atoms with Gasteiger partial charge in [-0.25, -0.2) is 13.2 Å². The van der Waals surface area contributed by atoms with Gasteiger partial charge in [0.1, 0.15) is 18.9 Å². The summed E-state index contributed by atoms with van der Waals surface area (Å²) in [5.74, 6) is -1.15. The van der Waals surface area contributed by atoms with Crippen molar-refractivity contribution in [3.05, 3.63) is 52.4 Å². The van der Waals surface area contributed by atoms with Gasteiger partial charge in [0.2, 0.25) is 15.8 Å². The van der Waals surface area contributed by atoms with Gasteiger partial charge in [-0.1, -0.05) is 11.6 Å². The Morgan fingerprint density at radius 1 is 1.22 bits per heavy atom. The van der Waals surface area contributed by atoms with Gasteiger partial charge in [-0.15, -0.1) is 0 Å². The van der Waals surface area contributed by atoms with Crippen LogP contribution in [-0.2, 0) is 30.9 Å². The SMILES string of the molecule is COC(=O)c1oc(COC(=O)CN(C)S(=O)(=O)c2ccc(Cl)cc2)cc1C.